The lowest BCUT2D eigenvalue weighted by atomic mass is 10.3. The minimum absolute atomic E-state index is 0.00585. The second-order valence-electron chi connectivity index (χ2n) is 5.77. The lowest BCUT2D eigenvalue weighted by Crippen LogP contribution is -2.37. The van der Waals surface area contributed by atoms with Gasteiger partial charge in [-0.3, -0.25) is 0 Å². The van der Waals surface area contributed by atoms with Crippen molar-refractivity contribution in [2.75, 3.05) is 45.4 Å². The van der Waals surface area contributed by atoms with E-state index >= 15 is 0 Å². The van der Waals surface area contributed by atoms with Crippen LogP contribution in [0.1, 0.15) is 5.82 Å². The molecule has 146 valence electrons. The largest absolute Gasteiger partial charge is 0.497 e. The van der Waals surface area contributed by atoms with E-state index in [0.717, 1.165) is 18.9 Å². The number of benzene rings is 1. The van der Waals surface area contributed by atoms with Crippen LogP contribution in [0.3, 0.4) is 0 Å². The van der Waals surface area contributed by atoms with E-state index in [2.05, 4.69) is 19.6 Å². The van der Waals surface area contributed by atoms with Crippen molar-refractivity contribution in [3.63, 3.8) is 0 Å². The SMILES string of the molecule is COc1ccc(OC)c(S(=O)(=O)NCc2nccc(N3CCOCC3)n2)c1. The minimum atomic E-state index is -3.84. The standard InChI is InChI=1S/C17H22N4O5S/c1-24-13-3-4-14(25-2)15(11-13)27(22,23)19-12-16-18-6-5-17(20-16)21-7-9-26-10-8-21/h3-6,11,19H,7-10,12H2,1-2H3. The van der Waals surface area contributed by atoms with Crippen LogP contribution in [-0.2, 0) is 21.3 Å². The topological polar surface area (TPSA) is 103 Å². The summed E-state index contributed by atoms with van der Waals surface area (Å²) in [5.74, 6) is 1.78. The number of rotatable bonds is 7. The summed E-state index contributed by atoms with van der Waals surface area (Å²) in [5.41, 5.74) is 0. The van der Waals surface area contributed by atoms with E-state index in [-0.39, 0.29) is 17.2 Å². The Bertz CT molecular complexity index is 885. The van der Waals surface area contributed by atoms with E-state index in [4.69, 9.17) is 14.2 Å². The molecule has 2 aromatic rings. The van der Waals surface area contributed by atoms with E-state index in [1.54, 1.807) is 24.4 Å². The van der Waals surface area contributed by atoms with Crippen LogP contribution in [-0.4, -0.2) is 58.9 Å². The van der Waals surface area contributed by atoms with Crippen molar-refractivity contribution >= 4 is 15.8 Å². The molecule has 9 nitrogen and oxygen atoms in total. The van der Waals surface area contributed by atoms with Gasteiger partial charge in [-0.2, -0.15) is 0 Å². The van der Waals surface area contributed by atoms with E-state index in [1.165, 1.54) is 20.3 Å². The van der Waals surface area contributed by atoms with Gasteiger partial charge in [0.05, 0.1) is 34.0 Å². The molecular formula is C17H22N4O5S. The summed E-state index contributed by atoms with van der Waals surface area (Å²) in [5, 5.41) is 0. The Labute approximate surface area is 158 Å². The van der Waals surface area contributed by atoms with Gasteiger partial charge < -0.3 is 19.1 Å². The molecule has 10 heteroatoms. The summed E-state index contributed by atoms with van der Waals surface area (Å²) < 4.78 is 43.5. The van der Waals surface area contributed by atoms with Crippen molar-refractivity contribution in [2.45, 2.75) is 11.4 Å². The van der Waals surface area contributed by atoms with Gasteiger partial charge in [0.2, 0.25) is 10.0 Å². The number of nitrogens with one attached hydrogen (secondary N) is 1. The van der Waals surface area contributed by atoms with Crippen LogP contribution in [0.15, 0.2) is 35.4 Å². The molecule has 0 saturated carbocycles. The molecule has 0 atom stereocenters. The fraction of sp³-hybridized carbons (Fsp3) is 0.412. The first kappa shape index (κ1) is 19.3. The number of morpholine rings is 1. The summed E-state index contributed by atoms with van der Waals surface area (Å²) in [4.78, 5) is 10.7. The highest BCUT2D eigenvalue weighted by Gasteiger charge is 2.21. The van der Waals surface area contributed by atoms with Gasteiger partial charge >= 0.3 is 0 Å². The molecule has 27 heavy (non-hydrogen) atoms. The number of nitrogens with zero attached hydrogens (tertiary/aromatic N) is 3. The van der Waals surface area contributed by atoms with Crippen LogP contribution in [0.2, 0.25) is 0 Å². The van der Waals surface area contributed by atoms with Gasteiger partial charge in [-0.25, -0.2) is 23.1 Å². The average molecular weight is 394 g/mol. The quantitative estimate of drug-likeness (QED) is 0.736. The zero-order valence-electron chi connectivity index (χ0n) is 15.2. The second-order valence-corrected chi connectivity index (χ2v) is 7.51. The molecule has 1 N–H and O–H groups in total. The Morgan fingerprint density at radius 2 is 1.96 bits per heavy atom. The van der Waals surface area contributed by atoms with Gasteiger partial charge in [-0.05, 0) is 18.2 Å². The lowest BCUT2D eigenvalue weighted by Gasteiger charge is -2.27. The molecule has 0 bridgehead atoms. The van der Waals surface area contributed by atoms with Crippen LogP contribution in [0.4, 0.5) is 5.82 Å². The molecule has 3 rings (SSSR count). The normalized spacial score (nSPS) is 14.8. The Morgan fingerprint density at radius 3 is 2.67 bits per heavy atom. The smallest absolute Gasteiger partial charge is 0.244 e. The molecule has 0 spiro atoms. The van der Waals surface area contributed by atoms with Crippen molar-refractivity contribution in [1.82, 2.24) is 14.7 Å². The number of aromatic nitrogens is 2. The number of anilines is 1. The first-order valence-corrected chi connectivity index (χ1v) is 9.88. The van der Waals surface area contributed by atoms with E-state index in [0.29, 0.717) is 24.8 Å². The Balaban J connectivity index is 1.76. The first-order valence-electron chi connectivity index (χ1n) is 8.40. The van der Waals surface area contributed by atoms with Crippen molar-refractivity contribution in [2.24, 2.45) is 0 Å². The lowest BCUT2D eigenvalue weighted by molar-refractivity contribution is 0.122. The highest BCUT2D eigenvalue weighted by Crippen LogP contribution is 2.28. The van der Waals surface area contributed by atoms with Crippen LogP contribution in [0.25, 0.3) is 0 Å². The van der Waals surface area contributed by atoms with Gasteiger partial charge in [0, 0.05) is 25.4 Å². The second kappa shape index (κ2) is 8.51. The Morgan fingerprint density at radius 1 is 1.19 bits per heavy atom. The predicted octanol–water partition coefficient (Wildman–Crippen LogP) is 0.809. The molecule has 1 fully saturated rings. The van der Waals surface area contributed by atoms with Crippen LogP contribution < -0.4 is 19.1 Å². The maximum Gasteiger partial charge on any atom is 0.244 e. The molecule has 1 aromatic carbocycles. The highest BCUT2D eigenvalue weighted by molar-refractivity contribution is 7.89. The van der Waals surface area contributed by atoms with E-state index in [1.807, 2.05) is 0 Å². The number of hydrogen-bond acceptors (Lipinski definition) is 8. The van der Waals surface area contributed by atoms with Gasteiger partial charge in [-0.1, -0.05) is 0 Å². The third-order valence-corrected chi connectivity index (χ3v) is 5.53. The molecule has 1 aliphatic rings. The number of hydrogen-bond donors (Lipinski definition) is 1. The van der Waals surface area contributed by atoms with E-state index in [9.17, 15) is 8.42 Å². The fourth-order valence-electron chi connectivity index (χ4n) is 2.67. The number of ether oxygens (including phenoxy) is 3. The summed E-state index contributed by atoms with van der Waals surface area (Å²) in [6.45, 7) is 2.72. The van der Waals surface area contributed by atoms with Crippen LogP contribution >= 0.6 is 0 Å². The van der Waals surface area contributed by atoms with Crippen molar-refractivity contribution in [3.05, 3.63) is 36.3 Å². The zero-order valence-corrected chi connectivity index (χ0v) is 16.0. The maximum atomic E-state index is 12.7. The molecule has 1 aromatic heterocycles. The molecule has 1 aliphatic heterocycles. The summed E-state index contributed by atoms with van der Waals surface area (Å²) >= 11 is 0. The molecule has 0 radical (unpaired) electrons. The fourth-order valence-corrected chi connectivity index (χ4v) is 3.84. The van der Waals surface area contributed by atoms with Gasteiger partial charge in [0.15, 0.2) is 0 Å². The summed E-state index contributed by atoms with van der Waals surface area (Å²) in [6, 6.07) is 6.39. The van der Waals surface area contributed by atoms with Crippen LogP contribution in [0, 0.1) is 0 Å². The van der Waals surface area contributed by atoms with Gasteiger partial charge in [0.1, 0.15) is 28.0 Å². The molecule has 2 heterocycles. The number of methoxy groups -OCH3 is 2. The first-order chi connectivity index (χ1) is 13.0. The van der Waals surface area contributed by atoms with Gasteiger partial charge in [-0.15, -0.1) is 0 Å². The minimum Gasteiger partial charge on any atom is -0.497 e. The Kier molecular flexibility index (Phi) is 6.09. The Hall–Kier alpha value is -2.43. The average Bonchev–Trinajstić information content (AvgIpc) is 2.72. The third-order valence-electron chi connectivity index (χ3n) is 4.11. The monoisotopic (exact) mass is 394 g/mol. The molecular weight excluding hydrogens is 372 g/mol. The van der Waals surface area contributed by atoms with Gasteiger partial charge in [0.25, 0.3) is 0 Å². The molecule has 0 aliphatic carbocycles. The molecule has 1 saturated heterocycles. The predicted molar refractivity (Wildman–Crippen MR) is 98.6 cm³/mol. The maximum absolute atomic E-state index is 12.7. The van der Waals surface area contributed by atoms with Crippen molar-refractivity contribution < 1.29 is 22.6 Å². The number of sulfonamides is 1. The third kappa shape index (κ3) is 4.65. The zero-order chi connectivity index (χ0) is 19.3. The van der Waals surface area contributed by atoms with E-state index < -0.39 is 10.0 Å². The molecule has 0 amide bonds. The molecule has 0 unspecified atom stereocenters. The summed E-state index contributed by atoms with van der Waals surface area (Å²) in [7, 11) is -0.959. The van der Waals surface area contributed by atoms with Crippen molar-refractivity contribution in [3.8, 4) is 11.5 Å². The summed E-state index contributed by atoms with van der Waals surface area (Å²) in [6.07, 6.45) is 1.62. The van der Waals surface area contributed by atoms with Crippen LogP contribution in [0.5, 0.6) is 11.5 Å². The van der Waals surface area contributed by atoms with Crippen molar-refractivity contribution in [1.29, 1.82) is 0 Å². The highest BCUT2D eigenvalue weighted by atomic mass is 32.2.